The first kappa shape index (κ1) is 27.4. The Morgan fingerprint density at radius 1 is 0.905 bits per heavy atom. The third-order valence-corrected chi connectivity index (χ3v) is 8.25. The van der Waals surface area contributed by atoms with Gasteiger partial charge in [0.25, 0.3) is 0 Å². The van der Waals surface area contributed by atoms with Crippen molar-refractivity contribution in [3.63, 3.8) is 0 Å². The molecule has 0 aliphatic carbocycles. The van der Waals surface area contributed by atoms with Crippen LogP contribution in [-0.4, -0.2) is 49.8 Å². The molecule has 1 saturated heterocycles. The largest absolute Gasteiger partial charge is 0.387 e. The molecule has 4 heterocycles. The summed E-state index contributed by atoms with van der Waals surface area (Å²) in [5.41, 5.74) is 18.9. The maximum absolute atomic E-state index is 8.20. The maximum Gasteiger partial charge on any atom is 0.203 e. The molecule has 2 aromatic carbocycles. The van der Waals surface area contributed by atoms with Gasteiger partial charge >= 0.3 is 0 Å². The van der Waals surface area contributed by atoms with Gasteiger partial charge in [0.1, 0.15) is 11.5 Å². The lowest BCUT2D eigenvalue weighted by Crippen LogP contribution is -2.38. The molecule has 1 fully saturated rings. The summed E-state index contributed by atoms with van der Waals surface area (Å²) in [5, 5.41) is 17.6. The zero-order chi connectivity index (χ0) is 28.9. The number of aliphatic imine (C=N–C) groups is 1. The van der Waals surface area contributed by atoms with Crippen molar-refractivity contribution in [1.82, 2.24) is 25.1 Å². The van der Waals surface area contributed by atoms with Gasteiger partial charge < -0.3 is 11.5 Å². The molecular formula is C32H31N9S. The summed E-state index contributed by atoms with van der Waals surface area (Å²) in [7, 11) is 0. The Balaban J connectivity index is 1.13. The number of hydrogen-bond acceptors (Lipinski definition) is 8. The fraction of sp³-hybridized carbons (Fsp3) is 0.188. The van der Waals surface area contributed by atoms with Crippen LogP contribution in [0.2, 0.25) is 0 Å². The second-order valence-electron chi connectivity index (χ2n) is 10.3. The minimum absolute atomic E-state index is 0.111. The van der Waals surface area contributed by atoms with E-state index in [1.165, 1.54) is 16.9 Å². The molecule has 5 N–H and O–H groups in total. The van der Waals surface area contributed by atoms with Gasteiger partial charge in [0, 0.05) is 41.5 Å². The van der Waals surface area contributed by atoms with Gasteiger partial charge in [0.2, 0.25) is 5.13 Å². The van der Waals surface area contributed by atoms with Crippen molar-refractivity contribution in [1.29, 1.82) is 5.41 Å². The van der Waals surface area contributed by atoms with Crippen LogP contribution in [0.25, 0.3) is 33.0 Å². The standard InChI is InChI=1S/C32H31N9S/c33-29(38-30(34)27-8-4-5-15-36-27)24-13-16-41(17-14-24)20-21-9-11-23(12-10-21)28-26(22-6-2-1-3-7-22)18-25(19-37-28)31-39-40-32(35)42-31/h1-12,15,18-19,24H,13-14,16-17,20H2,(H2,35,40)(H3,33,34,38). The van der Waals surface area contributed by atoms with Crippen LogP contribution in [0.4, 0.5) is 5.13 Å². The first-order chi connectivity index (χ1) is 20.5. The molecule has 6 rings (SSSR count). The molecule has 0 radical (unpaired) electrons. The van der Waals surface area contributed by atoms with Gasteiger partial charge in [-0.25, -0.2) is 4.99 Å². The number of nitrogens with zero attached hydrogens (tertiary/aromatic N) is 6. The highest BCUT2D eigenvalue weighted by molar-refractivity contribution is 7.18. The van der Waals surface area contributed by atoms with Gasteiger partial charge in [0.15, 0.2) is 10.8 Å². The van der Waals surface area contributed by atoms with Gasteiger partial charge in [-0.15, -0.1) is 10.2 Å². The summed E-state index contributed by atoms with van der Waals surface area (Å²) in [5.74, 6) is 0.812. The molecule has 10 heteroatoms. The van der Waals surface area contributed by atoms with Crippen molar-refractivity contribution >= 4 is 28.1 Å². The van der Waals surface area contributed by atoms with Crippen molar-refractivity contribution in [2.45, 2.75) is 19.4 Å². The maximum atomic E-state index is 8.20. The van der Waals surface area contributed by atoms with Crippen molar-refractivity contribution in [2.75, 3.05) is 18.8 Å². The Hall–Kier alpha value is -4.80. The SMILES string of the molecule is N=C(N=C(N)C1CCN(Cc2ccc(-c3ncc(-c4nnc(N)s4)cc3-c3ccccc3)cc2)CC1)c1ccccn1. The third kappa shape index (κ3) is 6.24. The van der Waals surface area contributed by atoms with Gasteiger partial charge in [-0.3, -0.25) is 20.3 Å². The van der Waals surface area contributed by atoms with E-state index < -0.39 is 0 Å². The Morgan fingerprint density at radius 2 is 1.67 bits per heavy atom. The highest BCUT2D eigenvalue weighted by Gasteiger charge is 2.23. The lowest BCUT2D eigenvalue weighted by molar-refractivity contribution is 0.201. The quantitative estimate of drug-likeness (QED) is 0.172. The predicted octanol–water partition coefficient (Wildman–Crippen LogP) is 5.51. The fourth-order valence-corrected chi connectivity index (χ4v) is 5.79. The van der Waals surface area contributed by atoms with E-state index in [9.17, 15) is 0 Å². The smallest absolute Gasteiger partial charge is 0.203 e. The molecule has 42 heavy (non-hydrogen) atoms. The van der Waals surface area contributed by atoms with E-state index in [0.29, 0.717) is 16.7 Å². The molecule has 0 saturated carbocycles. The van der Waals surface area contributed by atoms with Crippen LogP contribution in [0.5, 0.6) is 0 Å². The molecular weight excluding hydrogens is 542 g/mol. The van der Waals surface area contributed by atoms with Gasteiger partial charge in [0.05, 0.1) is 5.69 Å². The minimum Gasteiger partial charge on any atom is -0.387 e. The molecule has 0 bridgehead atoms. The number of aromatic nitrogens is 4. The number of nitrogen functional groups attached to an aromatic ring is 1. The first-order valence-electron chi connectivity index (χ1n) is 13.8. The number of amidine groups is 2. The summed E-state index contributed by atoms with van der Waals surface area (Å²) in [4.78, 5) is 15.9. The molecule has 9 nitrogen and oxygen atoms in total. The van der Waals surface area contributed by atoms with E-state index in [2.05, 4.69) is 67.5 Å². The van der Waals surface area contributed by atoms with Crippen molar-refractivity contribution in [2.24, 2.45) is 16.6 Å². The summed E-state index contributed by atoms with van der Waals surface area (Å²) >= 11 is 1.35. The average molecular weight is 574 g/mol. The molecule has 5 aromatic rings. The minimum atomic E-state index is 0.111. The fourth-order valence-electron chi connectivity index (χ4n) is 5.19. The van der Waals surface area contributed by atoms with E-state index >= 15 is 0 Å². The molecule has 0 spiro atoms. The number of likely N-dealkylation sites (tertiary alicyclic amines) is 1. The van der Waals surface area contributed by atoms with E-state index in [-0.39, 0.29) is 11.8 Å². The molecule has 0 amide bonds. The Bertz CT molecular complexity index is 1690. The lowest BCUT2D eigenvalue weighted by Gasteiger charge is -2.31. The van der Waals surface area contributed by atoms with Crippen LogP contribution in [-0.2, 0) is 6.54 Å². The van der Waals surface area contributed by atoms with Crippen LogP contribution in [0.15, 0.2) is 96.2 Å². The zero-order valence-electron chi connectivity index (χ0n) is 23.0. The van der Waals surface area contributed by atoms with Crippen LogP contribution in [0, 0.1) is 11.3 Å². The predicted molar refractivity (Wildman–Crippen MR) is 169 cm³/mol. The molecule has 1 aliphatic heterocycles. The van der Waals surface area contributed by atoms with Crippen LogP contribution in [0.3, 0.4) is 0 Å². The zero-order valence-corrected chi connectivity index (χ0v) is 23.8. The summed E-state index contributed by atoms with van der Waals surface area (Å²) in [6, 6.07) is 26.5. The molecule has 1 aliphatic rings. The Morgan fingerprint density at radius 3 is 2.36 bits per heavy atom. The first-order valence-corrected chi connectivity index (χ1v) is 14.7. The number of nitrogens with one attached hydrogen (secondary N) is 1. The Kier molecular flexibility index (Phi) is 8.07. The number of hydrogen-bond donors (Lipinski definition) is 3. The Labute approximate surface area is 248 Å². The van der Waals surface area contributed by atoms with Crippen molar-refractivity contribution in [3.8, 4) is 33.0 Å². The summed E-state index contributed by atoms with van der Waals surface area (Å²) in [6.07, 6.45) is 5.33. The van der Waals surface area contributed by atoms with E-state index in [1.807, 2.05) is 36.5 Å². The second-order valence-corrected chi connectivity index (χ2v) is 11.3. The van der Waals surface area contributed by atoms with Crippen LogP contribution >= 0.6 is 11.3 Å². The number of nitrogens with two attached hydrogens (primary N) is 2. The van der Waals surface area contributed by atoms with Crippen molar-refractivity contribution < 1.29 is 0 Å². The number of benzene rings is 2. The normalized spacial score (nSPS) is 14.6. The van der Waals surface area contributed by atoms with Crippen LogP contribution in [0.1, 0.15) is 24.1 Å². The number of rotatable bonds is 7. The number of piperidine rings is 1. The summed E-state index contributed by atoms with van der Waals surface area (Å²) < 4.78 is 0. The highest BCUT2D eigenvalue weighted by Crippen LogP contribution is 2.35. The van der Waals surface area contributed by atoms with E-state index in [4.69, 9.17) is 21.9 Å². The van der Waals surface area contributed by atoms with Gasteiger partial charge in [-0.05, 0) is 55.3 Å². The van der Waals surface area contributed by atoms with E-state index in [1.54, 1.807) is 12.3 Å². The average Bonchev–Trinajstić information content (AvgIpc) is 3.48. The van der Waals surface area contributed by atoms with Gasteiger partial charge in [-0.1, -0.05) is 72.0 Å². The van der Waals surface area contributed by atoms with E-state index in [0.717, 1.165) is 65.4 Å². The number of anilines is 1. The van der Waals surface area contributed by atoms with Gasteiger partial charge in [-0.2, -0.15) is 0 Å². The topological polar surface area (TPSA) is 143 Å². The van der Waals surface area contributed by atoms with Crippen LogP contribution < -0.4 is 11.5 Å². The molecule has 0 atom stereocenters. The molecule has 0 unspecified atom stereocenters. The summed E-state index contributed by atoms with van der Waals surface area (Å²) in [6.45, 7) is 2.72. The van der Waals surface area contributed by atoms with Crippen molar-refractivity contribution in [3.05, 3.63) is 103 Å². The second kappa shape index (κ2) is 12.4. The third-order valence-electron chi connectivity index (χ3n) is 7.45. The molecule has 3 aromatic heterocycles. The highest BCUT2D eigenvalue weighted by atomic mass is 32.1. The number of pyridine rings is 2. The monoisotopic (exact) mass is 573 g/mol. The molecule has 210 valence electrons. The lowest BCUT2D eigenvalue weighted by atomic mass is 9.95.